The van der Waals surface area contributed by atoms with E-state index in [1.54, 1.807) is 20.8 Å². The lowest BCUT2D eigenvalue weighted by Gasteiger charge is -2.23. The summed E-state index contributed by atoms with van der Waals surface area (Å²) in [5.74, 6) is -0.560. The van der Waals surface area contributed by atoms with Gasteiger partial charge in [-0.05, 0) is 11.5 Å². The Balaban J connectivity index is 3.38. The van der Waals surface area contributed by atoms with Gasteiger partial charge in [0.2, 0.25) is 0 Å². The predicted molar refractivity (Wildman–Crippen MR) is 50.1 cm³/mol. The normalized spacial score (nSPS) is 12.2. The average Bonchev–Trinajstić information content (AvgIpc) is 2.01. The third kappa shape index (κ3) is 2.08. The summed E-state index contributed by atoms with van der Waals surface area (Å²) in [6.45, 7) is 5.16. The van der Waals surface area contributed by atoms with Crippen LogP contribution >= 0.6 is 0 Å². The van der Waals surface area contributed by atoms with Gasteiger partial charge in [-0.25, -0.2) is 13.2 Å². The van der Waals surface area contributed by atoms with Crippen molar-refractivity contribution in [2.75, 3.05) is 0 Å². The van der Waals surface area contributed by atoms with Gasteiger partial charge in [0.05, 0.1) is 0 Å². The molecule has 0 spiro atoms. The van der Waals surface area contributed by atoms with Gasteiger partial charge in [-0.2, -0.15) is 0 Å². The zero-order valence-corrected chi connectivity index (χ0v) is 8.44. The molecule has 0 aromatic heterocycles. The zero-order chi connectivity index (χ0) is 10.9. The van der Waals surface area contributed by atoms with Gasteiger partial charge in [-0.1, -0.05) is 32.9 Å². The molecule has 78 valence electrons. The number of benzene rings is 1. The standard InChI is InChI=1S/C11H13F3/c1-11(2,3)9-7(10(13)14)5-4-6-8(9)12/h4-6,10H,1-3H3. The van der Waals surface area contributed by atoms with E-state index in [-0.39, 0.29) is 11.1 Å². The summed E-state index contributed by atoms with van der Waals surface area (Å²) in [7, 11) is 0. The van der Waals surface area contributed by atoms with Crippen LogP contribution in [-0.2, 0) is 5.41 Å². The van der Waals surface area contributed by atoms with E-state index in [9.17, 15) is 13.2 Å². The monoisotopic (exact) mass is 202 g/mol. The Morgan fingerprint density at radius 3 is 2.07 bits per heavy atom. The van der Waals surface area contributed by atoms with Crippen LogP contribution in [0.5, 0.6) is 0 Å². The first kappa shape index (κ1) is 11.1. The first-order valence-corrected chi connectivity index (χ1v) is 4.41. The van der Waals surface area contributed by atoms with E-state index in [4.69, 9.17) is 0 Å². The second-order valence-corrected chi connectivity index (χ2v) is 4.25. The summed E-state index contributed by atoms with van der Waals surface area (Å²) >= 11 is 0. The van der Waals surface area contributed by atoms with Crippen molar-refractivity contribution >= 4 is 0 Å². The predicted octanol–water partition coefficient (Wildman–Crippen LogP) is 4.06. The molecule has 0 unspecified atom stereocenters. The second kappa shape index (κ2) is 3.64. The van der Waals surface area contributed by atoms with Gasteiger partial charge in [0.25, 0.3) is 6.43 Å². The fourth-order valence-corrected chi connectivity index (χ4v) is 1.51. The molecule has 0 bridgehead atoms. The fraction of sp³-hybridized carbons (Fsp3) is 0.455. The van der Waals surface area contributed by atoms with Crippen molar-refractivity contribution in [1.29, 1.82) is 0 Å². The molecular formula is C11H13F3. The molecular weight excluding hydrogens is 189 g/mol. The molecule has 0 heterocycles. The second-order valence-electron chi connectivity index (χ2n) is 4.25. The van der Waals surface area contributed by atoms with Gasteiger partial charge in [0, 0.05) is 11.1 Å². The molecule has 1 rings (SSSR count). The minimum Gasteiger partial charge on any atom is -0.207 e. The van der Waals surface area contributed by atoms with Crippen molar-refractivity contribution in [2.24, 2.45) is 0 Å². The molecule has 1 aromatic carbocycles. The summed E-state index contributed by atoms with van der Waals surface area (Å²) in [5.41, 5.74) is -0.704. The fourth-order valence-electron chi connectivity index (χ4n) is 1.51. The summed E-state index contributed by atoms with van der Waals surface area (Å²) in [5, 5.41) is 0. The Morgan fingerprint density at radius 2 is 1.71 bits per heavy atom. The van der Waals surface area contributed by atoms with E-state index in [0.717, 1.165) is 0 Å². The topological polar surface area (TPSA) is 0 Å². The van der Waals surface area contributed by atoms with Crippen LogP contribution < -0.4 is 0 Å². The van der Waals surface area contributed by atoms with Crippen LogP contribution in [0.1, 0.15) is 38.3 Å². The van der Waals surface area contributed by atoms with Crippen molar-refractivity contribution < 1.29 is 13.2 Å². The first-order valence-electron chi connectivity index (χ1n) is 4.41. The van der Waals surface area contributed by atoms with Gasteiger partial charge in [0.1, 0.15) is 5.82 Å². The van der Waals surface area contributed by atoms with E-state index < -0.39 is 17.7 Å². The lowest BCUT2D eigenvalue weighted by atomic mass is 9.83. The summed E-state index contributed by atoms with van der Waals surface area (Å²) in [6, 6.07) is 3.80. The largest absolute Gasteiger partial charge is 0.264 e. The Morgan fingerprint density at radius 1 is 1.14 bits per heavy atom. The van der Waals surface area contributed by atoms with Crippen molar-refractivity contribution in [1.82, 2.24) is 0 Å². The van der Waals surface area contributed by atoms with E-state index in [1.807, 2.05) is 0 Å². The molecule has 1 aromatic rings. The SMILES string of the molecule is CC(C)(C)c1c(F)cccc1C(F)F. The summed E-state index contributed by atoms with van der Waals surface area (Å²) < 4.78 is 38.5. The Hall–Kier alpha value is -0.990. The summed E-state index contributed by atoms with van der Waals surface area (Å²) in [4.78, 5) is 0. The van der Waals surface area contributed by atoms with E-state index in [2.05, 4.69) is 0 Å². The molecule has 14 heavy (non-hydrogen) atoms. The number of hydrogen-bond donors (Lipinski definition) is 0. The minimum atomic E-state index is -2.63. The maximum absolute atomic E-state index is 13.4. The van der Waals surface area contributed by atoms with E-state index in [1.165, 1.54) is 18.2 Å². The molecule has 0 nitrogen and oxygen atoms in total. The van der Waals surface area contributed by atoms with Crippen LogP contribution in [0, 0.1) is 5.82 Å². The molecule has 0 aliphatic heterocycles. The first-order chi connectivity index (χ1) is 6.34. The van der Waals surface area contributed by atoms with Crippen LogP contribution in [0.25, 0.3) is 0 Å². The van der Waals surface area contributed by atoms with E-state index >= 15 is 0 Å². The summed E-state index contributed by atoms with van der Waals surface area (Å²) in [6.07, 6.45) is -2.63. The Kier molecular flexibility index (Phi) is 2.88. The lowest BCUT2D eigenvalue weighted by molar-refractivity contribution is 0.148. The Labute approximate surface area is 81.8 Å². The van der Waals surface area contributed by atoms with Gasteiger partial charge in [0.15, 0.2) is 0 Å². The van der Waals surface area contributed by atoms with Gasteiger partial charge < -0.3 is 0 Å². The minimum absolute atomic E-state index is 0.106. The van der Waals surface area contributed by atoms with Crippen LogP contribution in [0.2, 0.25) is 0 Å². The third-order valence-corrected chi connectivity index (χ3v) is 2.03. The molecule has 3 heteroatoms. The highest BCUT2D eigenvalue weighted by atomic mass is 19.3. The number of halogens is 3. The highest BCUT2D eigenvalue weighted by molar-refractivity contribution is 5.34. The van der Waals surface area contributed by atoms with Crippen molar-refractivity contribution in [3.63, 3.8) is 0 Å². The number of alkyl halides is 2. The zero-order valence-electron chi connectivity index (χ0n) is 8.44. The van der Waals surface area contributed by atoms with Crippen LogP contribution in [0.4, 0.5) is 13.2 Å². The van der Waals surface area contributed by atoms with Crippen molar-refractivity contribution in [3.05, 3.63) is 35.1 Å². The number of hydrogen-bond acceptors (Lipinski definition) is 0. The van der Waals surface area contributed by atoms with Crippen LogP contribution in [-0.4, -0.2) is 0 Å². The Bertz CT molecular complexity index is 324. The molecule has 0 saturated carbocycles. The number of rotatable bonds is 1. The maximum Gasteiger partial charge on any atom is 0.264 e. The van der Waals surface area contributed by atoms with Crippen molar-refractivity contribution in [2.45, 2.75) is 32.6 Å². The van der Waals surface area contributed by atoms with Gasteiger partial charge in [-0.3, -0.25) is 0 Å². The molecule has 0 amide bonds. The van der Waals surface area contributed by atoms with Crippen LogP contribution in [0.3, 0.4) is 0 Å². The average molecular weight is 202 g/mol. The highest BCUT2D eigenvalue weighted by Crippen LogP contribution is 2.33. The smallest absolute Gasteiger partial charge is 0.207 e. The highest BCUT2D eigenvalue weighted by Gasteiger charge is 2.25. The maximum atomic E-state index is 13.4. The van der Waals surface area contributed by atoms with Gasteiger partial charge >= 0.3 is 0 Å². The molecule has 0 radical (unpaired) electrons. The lowest BCUT2D eigenvalue weighted by Crippen LogP contribution is -2.16. The quantitative estimate of drug-likeness (QED) is 0.644. The molecule has 0 aliphatic rings. The van der Waals surface area contributed by atoms with Crippen molar-refractivity contribution in [3.8, 4) is 0 Å². The third-order valence-electron chi connectivity index (χ3n) is 2.03. The van der Waals surface area contributed by atoms with E-state index in [0.29, 0.717) is 0 Å². The molecule has 0 saturated heterocycles. The molecule has 0 atom stereocenters. The molecule has 0 N–H and O–H groups in total. The molecule has 0 aliphatic carbocycles. The van der Waals surface area contributed by atoms with Crippen LogP contribution in [0.15, 0.2) is 18.2 Å². The van der Waals surface area contributed by atoms with Gasteiger partial charge in [-0.15, -0.1) is 0 Å². The molecule has 0 fully saturated rings.